The molecule has 4 N–H and O–H groups in total. The number of fused-ring (bicyclic) bond motifs is 1. The van der Waals surface area contributed by atoms with Gasteiger partial charge in [0.1, 0.15) is 6.61 Å². The molecule has 2 fully saturated rings. The molecule has 34 heavy (non-hydrogen) atoms. The van der Waals surface area contributed by atoms with Gasteiger partial charge >= 0.3 is 6.09 Å². The normalized spacial score (nSPS) is 19.2. The summed E-state index contributed by atoms with van der Waals surface area (Å²) in [5, 5.41) is 23.6. The minimum Gasteiger partial charge on any atom is -0.446 e. The highest BCUT2D eigenvalue weighted by Crippen LogP contribution is 2.24. The lowest BCUT2D eigenvalue weighted by molar-refractivity contribution is -0.00162. The van der Waals surface area contributed by atoms with Gasteiger partial charge in [0, 0.05) is 37.8 Å². The van der Waals surface area contributed by atoms with E-state index in [4.69, 9.17) is 4.74 Å². The minimum atomic E-state index is -1.44. The maximum atomic E-state index is 14.1. The fourth-order valence-electron chi connectivity index (χ4n) is 4.09. The molecule has 0 bridgehead atoms. The summed E-state index contributed by atoms with van der Waals surface area (Å²) in [4.78, 5) is 23.2. The van der Waals surface area contributed by atoms with Crippen LogP contribution in [0.3, 0.4) is 0 Å². The molecule has 2 aromatic heterocycles. The summed E-state index contributed by atoms with van der Waals surface area (Å²) in [6.07, 6.45) is 3.46. The first kappa shape index (κ1) is 24.4. The standard InChI is InChI=1S/C22H35FN8O3/c1-4-15(10-32)26-19-28-18-17(14(2)3)9-25-31(18)20(29-19)27-16-5-7-30(8-6-16)21(33)34-13-22(23)11-24-12-22/h9,14-16,24,32H,4-8,10-13H2,1-3H3,(H2,26,27,28,29)/t15-/m1/s1. The summed E-state index contributed by atoms with van der Waals surface area (Å²) in [5.41, 5.74) is 0.287. The number of likely N-dealkylation sites (tertiary alicyclic amines) is 1. The Balaban J connectivity index is 1.42. The van der Waals surface area contributed by atoms with Gasteiger partial charge in [-0.05, 0) is 25.2 Å². The quantitative estimate of drug-likeness (QED) is 0.426. The van der Waals surface area contributed by atoms with Gasteiger partial charge < -0.3 is 30.7 Å². The van der Waals surface area contributed by atoms with E-state index in [1.807, 2.05) is 6.92 Å². The Morgan fingerprint density at radius 2 is 2.09 bits per heavy atom. The number of piperidine rings is 1. The molecular weight excluding hydrogens is 443 g/mol. The molecule has 0 saturated carbocycles. The maximum absolute atomic E-state index is 14.1. The van der Waals surface area contributed by atoms with Crippen molar-refractivity contribution in [1.29, 1.82) is 0 Å². The van der Waals surface area contributed by atoms with Crippen molar-refractivity contribution in [3.8, 4) is 0 Å². The Labute approximate surface area is 198 Å². The van der Waals surface area contributed by atoms with Crippen LogP contribution in [0.2, 0.25) is 0 Å². The van der Waals surface area contributed by atoms with E-state index in [1.165, 1.54) is 0 Å². The Morgan fingerprint density at radius 1 is 1.35 bits per heavy atom. The first-order valence-corrected chi connectivity index (χ1v) is 12.0. The molecule has 1 atom stereocenters. The van der Waals surface area contributed by atoms with E-state index in [1.54, 1.807) is 15.6 Å². The molecule has 2 aliphatic heterocycles. The molecule has 2 aromatic rings. The third-order valence-electron chi connectivity index (χ3n) is 6.49. The number of ether oxygens (including phenoxy) is 1. The number of amides is 1. The number of aromatic nitrogens is 4. The van der Waals surface area contributed by atoms with Gasteiger partial charge in [0.15, 0.2) is 11.3 Å². The Hall–Kier alpha value is -2.73. The lowest BCUT2D eigenvalue weighted by Crippen LogP contribution is -2.59. The molecule has 0 radical (unpaired) electrons. The topological polar surface area (TPSA) is 129 Å². The number of aliphatic hydroxyl groups excluding tert-OH is 1. The first-order valence-electron chi connectivity index (χ1n) is 12.0. The van der Waals surface area contributed by atoms with E-state index < -0.39 is 11.8 Å². The van der Waals surface area contributed by atoms with E-state index >= 15 is 0 Å². The number of alkyl halides is 1. The predicted octanol–water partition coefficient (Wildman–Crippen LogP) is 1.75. The van der Waals surface area contributed by atoms with E-state index in [2.05, 4.69) is 44.9 Å². The Bertz CT molecular complexity index is 984. The first-order chi connectivity index (χ1) is 16.3. The average Bonchev–Trinajstić information content (AvgIpc) is 3.25. The molecular formula is C22H35FN8O3. The van der Waals surface area contributed by atoms with Crippen LogP contribution >= 0.6 is 0 Å². The van der Waals surface area contributed by atoms with Crippen LogP contribution in [0.25, 0.3) is 5.65 Å². The molecule has 0 aromatic carbocycles. The summed E-state index contributed by atoms with van der Waals surface area (Å²) < 4.78 is 21.0. The van der Waals surface area contributed by atoms with Crippen molar-refractivity contribution in [1.82, 2.24) is 29.8 Å². The van der Waals surface area contributed by atoms with Crippen LogP contribution in [0.4, 0.5) is 21.1 Å². The van der Waals surface area contributed by atoms with Crippen LogP contribution in [0.1, 0.15) is 51.5 Å². The van der Waals surface area contributed by atoms with Crippen molar-refractivity contribution >= 4 is 23.6 Å². The molecule has 4 rings (SSSR count). The molecule has 4 heterocycles. The van der Waals surface area contributed by atoms with Gasteiger partial charge in [-0.15, -0.1) is 0 Å². The number of carbonyl (C=O) groups excluding carboxylic acids is 1. The summed E-state index contributed by atoms with van der Waals surface area (Å²) in [5.74, 6) is 1.23. The molecule has 1 amide bonds. The van der Waals surface area contributed by atoms with Crippen LogP contribution in [0.15, 0.2) is 6.20 Å². The van der Waals surface area contributed by atoms with Gasteiger partial charge in [-0.1, -0.05) is 20.8 Å². The highest BCUT2D eigenvalue weighted by molar-refractivity contribution is 5.68. The van der Waals surface area contributed by atoms with Gasteiger partial charge in [-0.2, -0.15) is 19.6 Å². The maximum Gasteiger partial charge on any atom is 0.409 e. The molecule has 11 nitrogen and oxygen atoms in total. The number of hydrogen-bond donors (Lipinski definition) is 4. The average molecular weight is 479 g/mol. The number of halogens is 1. The molecule has 2 aliphatic rings. The van der Waals surface area contributed by atoms with Crippen molar-refractivity contribution in [2.24, 2.45) is 0 Å². The number of rotatable bonds is 9. The van der Waals surface area contributed by atoms with E-state index in [9.17, 15) is 14.3 Å². The monoisotopic (exact) mass is 478 g/mol. The lowest BCUT2D eigenvalue weighted by atomic mass is 10.0. The molecule has 0 spiro atoms. The Kier molecular flexibility index (Phi) is 7.36. The van der Waals surface area contributed by atoms with Gasteiger partial charge in [-0.3, -0.25) is 0 Å². The van der Waals surface area contributed by atoms with Crippen molar-refractivity contribution < 1.29 is 19.0 Å². The zero-order chi connectivity index (χ0) is 24.3. The number of carbonyl (C=O) groups is 1. The largest absolute Gasteiger partial charge is 0.446 e. The van der Waals surface area contributed by atoms with Crippen molar-refractivity contribution in [3.05, 3.63) is 11.8 Å². The third kappa shape index (κ3) is 5.33. The van der Waals surface area contributed by atoms with E-state index in [-0.39, 0.29) is 44.3 Å². The Morgan fingerprint density at radius 3 is 2.68 bits per heavy atom. The summed E-state index contributed by atoms with van der Waals surface area (Å²) in [7, 11) is 0. The summed E-state index contributed by atoms with van der Waals surface area (Å²) in [6, 6.07) is -0.0704. The van der Waals surface area contributed by atoms with Crippen LogP contribution in [-0.4, -0.2) is 92.8 Å². The summed E-state index contributed by atoms with van der Waals surface area (Å²) in [6.45, 7) is 7.39. The van der Waals surface area contributed by atoms with E-state index in [0.29, 0.717) is 37.8 Å². The van der Waals surface area contributed by atoms with Crippen molar-refractivity contribution in [2.75, 3.05) is 50.0 Å². The summed E-state index contributed by atoms with van der Waals surface area (Å²) >= 11 is 0. The van der Waals surface area contributed by atoms with Crippen LogP contribution in [-0.2, 0) is 4.74 Å². The van der Waals surface area contributed by atoms with Gasteiger partial charge in [-0.25, -0.2) is 9.18 Å². The lowest BCUT2D eigenvalue weighted by Gasteiger charge is -2.36. The number of nitrogens with zero attached hydrogens (tertiary/aromatic N) is 5. The van der Waals surface area contributed by atoms with Gasteiger partial charge in [0.05, 0.1) is 18.8 Å². The molecule has 12 heteroatoms. The van der Waals surface area contributed by atoms with Crippen molar-refractivity contribution in [2.45, 2.75) is 63.7 Å². The fraction of sp³-hybridized carbons (Fsp3) is 0.727. The zero-order valence-electron chi connectivity index (χ0n) is 20.1. The van der Waals surface area contributed by atoms with Gasteiger partial charge in [0.2, 0.25) is 11.9 Å². The minimum absolute atomic E-state index is 0.0152. The van der Waals surface area contributed by atoms with Crippen LogP contribution in [0, 0.1) is 0 Å². The number of anilines is 2. The SMILES string of the molecule is CC[C@H](CO)Nc1nc(NC2CCN(C(=O)OCC3(F)CNC3)CC2)n2ncc(C(C)C)c2n1. The molecule has 188 valence electrons. The second-order valence-electron chi connectivity index (χ2n) is 9.51. The van der Waals surface area contributed by atoms with Crippen molar-refractivity contribution in [3.63, 3.8) is 0 Å². The number of hydrogen-bond acceptors (Lipinski definition) is 9. The van der Waals surface area contributed by atoms with Gasteiger partial charge in [0.25, 0.3) is 0 Å². The molecule has 0 aliphatic carbocycles. The zero-order valence-corrected chi connectivity index (χ0v) is 20.1. The fourth-order valence-corrected chi connectivity index (χ4v) is 4.09. The number of nitrogens with one attached hydrogen (secondary N) is 3. The number of aliphatic hydroxyl groups is 1. The van der Waals surface area contributed by atoms with Crippen LogP contribution < -0.4 is 16.0 Å². The second-order valence-corrected chi connectivity index (χ2v) is 9.51. The van der Waals surface area contributed by atoms with E-state index in [0.717, 1.165) is 17.6 Å². The smallest absolute Gasteiger partial charge is 0.409 e. The molecule has 2 saturated heterocycles. The predicted molar refractivity (Wildman–Crippen MR) is 126 cm³/mol. The third-order valence-corrected chi connectivity index (χ3v) is 6.49. The highest BCUT2D eigenvalue weighted by atomic mass is 19.1. The molecule has 0 unspecified atom stereocenters. The second kappa shape index (κ2) is 10.3. The van der Waals surface area contributed by atoms with Crippen LogP contribution in [0.5, 0.6) is 0 Å². The highest BCUT2D eigenvalue weighted by Gasteiger charge is 2.39.